The van der Waals surface area contributed by atoms with E-state index in [1.54, 1.807) is 4.90 Å². The van der Waals surface area contributed by atoms with Crippen molar-refractivity contribution in [2.45, 2.75) is 38.8 Å². The topological polar surface area (TPSA) is 61.9 Å². The van der Waals surface area contributed by atoms with Crippen molar-refractivity contribution in [3.63, 3.8) is 0 Å². The van der Waals surface area contributed by atoms with E-state index in [0.29, 0.717) is 32.0 Å². The summed E-state index contributed by atoms with van der Waals surface area (Å²) in [5.41, 5.74) is 0.992. The molecule has 2 aliphatic heterocycles. The predicted molar refractivity (Wildman–Crippen MR) is 107 cm³/mol. The number of carbonyl (C=O) groups is 2. The Morgan fingerprint density at radius 2 is 1.85 bits per heavy atom. The van der Waals surface area contributed by atoms with Crippen molar-refractivity contribution in [2.24, 2.45) is 5.92 Å². The van der Waals surface area contributed by atoms with Gasteiger partial charge in [-0.05, 0) is 31.2 Å². The molecule has 150 valence electrons. The molecule has 2 fully saturated rings. The Hall–Kier alpha value is -1.79. The van der Waals surface area contributed by atoms with Gasteiger partial charge in [-0.15, -0.1) is 12.4 Å². The fourth-order valence-corrected chi connectivity index (χ4v) is 3.71. The van der Waals surface area contributed by atoms with Gasteiger partial charge >= 0.3 is 6.09 Å². The van der Waals surface area contributed by atoms with Crippen LogP contribution in [0.5, 0.6) is 0 Å². The predicted octanol–water partition coefficient (Wildman–Crippen LogP) is 2.67. The minimum absolute atomic E-state index is 0. The van der Waals surface area contributed by atoms with Crippen LogP contribution in [0.4, 0.5) is 4.79 Å². The number of carbonyl (C=O) groups excluding carboxylic acids is 2. The van der Waals surface area contributed by atoms with Crippen LogP contribution in [0.2, 0.25) is 0 Å². The van der Waals surface area contributed by atoms with Crippen LogP contribution in [-0.2, 0) is 16.1 Å². The molecule has 2 aliphatic rings. The van der Waals surface area contributed by atoms with Gasteiger partial charge in [-0.3, -0.25) is 4.79 Å². The average molecular weight is 396 g/mol. The van der Waals surface area contributed by atoms with Gasteiger partial charge in [0.05, 0.1) is 0 Å². The highest BCUT2D eigenvalue weighted by atomic mass is 35.5. The van der Waals surface area contributed by atoms with E-state index in [4.69, 9.17) is 4.74 Å². The largest absolute Gasteiger partial charge is 0.445 e. The molecule has 27 heavy (non-hydrogen) atoms. The quantitative estimate of drug-likeness (QED) is 0.851. The number of nitrogens with zero attached hydrogens (tertiary/aromatic N) is 2. The molecule has 0 unspecified atom stereocenters. The van der Waals surface area contributed by atoms with Gasteiger partial charge in [0.2, 0.25) is 5.91 Å². The number of benzene rings is 1. The van der Waals surface area contributed by atoms with Crippen LogP contribution in [0.1, 0.15) is 31.7 Å². The molecule has 2 heterocycles. The number of likely N-dealkylation sites (tertiary alicyclic amines) is 1. The molecular weight excluding hydrogens is 366 g/mol. The highest BCUT2D eigenvalue weighted by molar-refractivity contribution is 5.85. The fraction of sp³-hybridized carbons (Fsp3) is 0.600. The van der Waals surface area contributed by atoms with Gasteiger partial charge in [0.25, 0.3) is 0 Å². The summed E-state index contributed by atoms with van der Waals surface area (Å²) in [6.07, 6.45) is 2.07. The maximum atomic E-state index is 12.5. The molecule has 1 aromatic rings. The number of halogens is 1. The minimum Gasteiger partial charge on any atom is -0.445 e. The lowest BCUT2D eigenvalue weighted by atomic mass is 9.93. The Bertz CT molecular complexity index is 606. The minimum atomic E-state index is -0.255. The van der Waals surface area contributed by atoms with E-state index in [2.05, 4.69) is 12.2 Å². The third kappa shape index (κ3) is 6.11. The molecule has 3 rings (SSSR count). The van der Waals surface area contributed by atoms with E-state index in [1.165, 1.54) is 0 Å². The number of rotatable bonds is 4. The summed E-state index contributed by atoms with van der Waals surface area (Å²) >= 11 is 0. The number of hydrogen-bond acceptors (Lipinski definition) is 4. The molecule has 2 saturated heterocycles. The Morgan fingerprint density at radius 1 is 1.15 bits per heavy atom. The second-order valence-electron chi connectivity index (χ2n) is 7.32. The lowest BCUT2D eigenvalue weighted by molar-refractivity contribution is -0.135. The molecule has 0 saturated carbocycles. The number of piperazine rings is 1. The summed E-state index contributed by atoms with van der Waals surface area (Å²) in [5.74, 6) is 0.617. The van der Waals surface area contributed by atoms with Gasteiger partial charge in [0.15, 0.2) is 0 Å². The van der Waals surface area contributed by atoms with E-state index >= 15 is 0 Å². The summed E-state index contributed by atoms with van der Waals surface area (Å²) in [5, 5.41) is 3.31. The zero-order valence-electron chi connectivity index (χ0n) is 15.9. The first-order valence-electron chi connectivity index (χ1n) is 9.59. The summed E-state index contributed by atoms with van der Waals surface area (Å²) < 4.78 is 5.40. The Kier molecular flexibility index (Phi) is 8.38. The molecule has 7 heteroatoms. The first kappa shape index (κ1) is 21.5. The van der Waals surface area contributed by atoms with Crippen LogP contribution >= 0.6 is 12.4 Å². The molecule has 0 bridgehead atoms. The summed E-state index contributed by atoms with van der Waals surface area (Å²) in [4.78, 5) is 28.5. The van der Waals surface area contributed by atoms with Crippen LogP contribution < -0.4 is 5.32 Å². The van der Waals surface area contributed by atoms with Crippen LogP contribution in [-0.4, -0.2) is 60.6 Å². The first-order chi connectivity index (χ1) is 12.6. The van der Waals surface area contributed by atoms with Gasteiger partial charge in [0, 0.05) is 45.2 Å². The van der Waals surface area contributed by atoms with Gasteiger partial charge < -0.3 is 19.9 Å². The number of amides is 2. The Labute approximate surface area is 167 Å². The van der Waals surface area contributed by atoms with E-state index < -0.39 is 0 Å². The van der Waals surface area contributed by atoms with E-state index in [9.17, 15) is 9.59 Å². The van der Waals surface area contributed by atoms with Gasteiger partial charge in [-0.2, -0.15) is 0 Å². The lowest BCUT2D eigenvalue weighted by Gasteiger charge is -2.36. The third-order valence-electron chi connectivity index (χ3n) is 5.36. The normalized spacial score (nSPS) is 20.7. The first-order valence-corrected chi connectivity index (χ1v) is 9.59. The number of hydrogen-bond donors (Lipinski definition) is 1. The third-order valence-corrected chi connectivity index (χ3v) is 5.36. The zero-order valence-corrected chi connectivity index (χ0v) is 16.7. The molecule has 6 nitrogen and oxygen atoms in total. The Morgan fingerprint density at radius 3 is 2.52 bits per heavy atom. The zero-order chi connectivity index (χ0) is 18.4. The van der Waals surface area contributed by atoms with Crippen LogP contribution in [0.25, 0.3) is 0 Å². The molecule has 0 aromatic heterocycles. The molecular formula is C20H30ClN3O3. The second-order valence-corrected chi connectivity index (χ2v) is 7.32. The summed E-state index contributed by atoms with van der Waals surface area (Å²) in [6.45, 7) is 6.28. The maximum absolute atomic E-state index is 12.5. The monoisotopic (exact) mass is 395 g/mol. The fourth-order valence-electron chi connectivity index (χ4n) is 3.71. The van der Waals surface area contributed by atoms with Crippen molar-refractivity contribution in [1.29, 1.82) is 0 Å². The molecule has 2 amide bonds. The standard InChI is InChI=1S/C20H29N3O3.ClH/c1-16-14-21-9-12-23(16)19(24)13-17-7-10-22(11-8-17)20(25)26-15-18-5-3-2-4-6-18;/h2-6,16-17,21H,7-15H2,1H3;1H/t16-;/m1./s1. The molecule has 1 aromatic carbocycles. The lowest BCUT2D eigenvalue weighted by Crippen LogP contribution is -2.52. The molecule has 0 aliphatic carbocycles. The SMILES string of the molecule is C[C@@H]1CNCCN1C(=O)CC1CCN(C(=O)OCc2ccccc2)CC1.Cl. The van der Waals surface area contributed by atoms with Crippen molar-refractivity contribution >= 4 is 24.4 Å². The Balaban J connectivity index is 0.00000261. The van der Waals surface area contributed by atoms with Gasteiger partial charge in [-0.1, -0.05) is 30.3 Å². The van der Waals surface area contributed by atoms with E-state index in [-0.39, 0.29) is 30.4 Å². The van der Waals surface area contributed by atoms with Crippen molar-refractivity contribution < 1.29 is 14.3 Å². The van der Waals surface area contributed by atoms with Crippen LogP contribution in [0, 0.1) is 5.92 Å². The van der Waals surface area contributed by atoms with Gasteiger partial charge in [-0.25, -0.2) is 4.79 Å². The van der Waals surface area contributed by atoms with Crippen molar-refractivity contribution in [3.8, 4) is 0 Å². The summed E-state index contributed by atoms with van der Waals surface area (Å²) in [7, 11) is 0. The van der Waals surface area contributed by atoms with Crippen LogP contribution in [0.3, 0.4) is 0 Å². The highest BCUT2D eigenvalue weighted by Gasteiger charge is 2.29. The molecule has 0 radical (unpaired) electrons. The summed E-state index contributed by atoms with van der Waals surface area (Å²) in [6, 6.07) is 9.98. The van der Waals surface area contributed by atoms with Crippen molar-refractivity contribution in [3.05, 3.63) is 35.9 Å². The van der Waals surface area contributed by atoms with Crippen molar-refractivity contribution in [1.82, 2.24) is 15.1 Å². The molecule has 1 atom stereocenters. The highest BCUT2D eigenvalue weighted by Crippen LogP contribution is 2.23. The molecule has 0 spiro atoms. The average Bonchev–Trinajstić information content (AvgIpc) is 2.68. The number of piperidine rings is 1. The molecule has 1 N–H and O–H groups in total. The second kappa shape index (κ2) is 10.5. The smallest absolute Gasteiger partial charge is 0.410 e. The number of ether oxygens (including phenoxy) is 1. The van der Waals surface area contributed by atoms with Crippen molar-refractivity contribution in [2.75, 3.05) is 32.7 Å². The van der Waals surface area contributed by atoms with Crippen LogP contribution in [0.15, 0.2) is 30.3 Å². The maximum Gasteiger partial charge on any atom is 0.410 e. The van der Waals surface area contributed by atoms with E-state index in [1.807, 2.05) is 35.2 Å². The van der Waals surface area contributed by atoms with Gasteiger partial charge in [0.1, 0.15) is 6.61 Å². The number of nitrogens with one attached hydrogen (secondary N) is 1. The van der Waals surface area contributed by atoms with E-state index in [0.717, 1.165) is 38.0 Å².